The highest BCUT2D eigenvalue weighted by atomic mass is 16.6. The lowest BCUT2D eigenvalue weighted by molar-refractivity contribution is -0.256. The van der Waals surface area contributed by atoms with Crippen molar-refractivity contribution in [2.24, 2.45) is 0 Å². The summed E-state index contributed by atoms with van der Waals surface area (Å²) < 4.78 is 17.7. The molecule has 1 fully saturated rings. The Morgan fingerprint density at radius 3 is 2.50 bits per heavy atom. The molecule has 1 saturated heterocycles. The van der Waals surface area contributed by atoms with E-state index in [0.717, 1.165) is 43.6 Å². The van der Waals surface area contributed by atoms with Crippen molar-refractivity contribution in [3.05, 3.63) is 59.7 Å². The minimum Gasteiger partial charge on any atom is -0.375 e. The fourth-order valence-electron chi connectivity index (χ4n) is 7.38. The van der Waals surface area contributed by atoms with E-state index in [4.69, 9.17) is 9.47 Å². The minimum absolute atomic E-state index is 0.0289. The number of aromatic nitrogens is 2. The first-order valence-electron chi connectivity index (χ1n) is 12.4. The van der Waals surface area contributed by atoms with Gasteiger partial charge in [0, 0.05) is 46.7 Å². The SMILES string of the molecule is CN[C@@H]1C[C@H]2O[C@@](C)([C@H]1OC)n1c3ccccc3c3c4c(c5c6ccccc6n2c5c31)C(=O)N[C@@H]4O. The van der Waals surface area contributed by atoms with Crippen molar-refractivity contribution < 1.29 is 19.4 Å². The zero-order chi connectivity index (χ0) is 24.5. The number of ether oxygens (including phenoxy) is 2. The standard InChI is InChI=1S/C28H26N4O4/c1-28-25(35-3)15(29-2)12-18(36-28)31-16-10-6-4-8-13(16)19-21-22(27(34)30-26(21)33)20-14-9-5-7-11-17(14)32(28)24(20)23(19)31/h4-11,15,18,25,27,29,34H,12H2,1-3H3,(H,30,33)/t15-,18-,25+,27-,28+/m1/s1. The Morgan fingerprint density at radius 2 is 1.78 bits per heavy atom. The van der Waals surface area contributed by atoms with E-state index >= 15 is 0 Å². The maximum Gasteiger partial charge on any atom is 0.254 e. The molecule has 5 heterocycles. The van der Waals surface area contributed by atoms with Crippen molar-refractivity contribution in [3.63, 3.8) is 0 Å². The monoisotopic (exact) mass is 482 g/mol. The van der Waals surface area contributed by atoms with E-state index in [1.165, 1.54) is 0 Å². The molecular formula is C28H26N4O4. The molecule has 8 heteroatoms. The van der Waals surface area contributed by atoms with Gasteiger partial charge in [0.25, 0.3) is 5.91 Å². The number of nitrogens with zero attached hydrogens (tertiary/aromatic N) is 2. The van der Waals surface area contributed by atoms with Crippen LogP contribution < -0.4 is 10.6 Å². The third-order valence-corrected chi connectivity index (χ3v) is 8.65. The second-order valence-corrected chi connectivity index (χ2v) is 10.3. The fraction of sp³-hybridized carbons (Fsp3) is 0.321. The van der Waals surface area contributed by atoms with Crippen LogP contribution in [-0.4, -0.2) is 46.5 Å². The molecule has 0 aliphatic carbocycles. The summed E-state index contributed by atoms with van der Waals surface area (Å²) in [5.74, 6) is -0.249. The third kappa shape index (κ3) is 2.15. The van der Waals surface area contributed by atoms with Gasteiger partial charge in [0.15, 0.2) is 12.0 Å². The van der Waals surface area contributed by atoms with Crippen molar-refractivity contribution in [1.29, 1.82) is 0 Å². The van der Waals surface area contributed by atoms with Crippen LogP contribution >= 0.6 is 0 Å². The van der Waals surface area contributed by atoms with Crippen LogP contribution in [0.5, 0.6) is 0 Å². The largest absolute Gasteiger partial charge is 0.375 e. The number of amides is 1. The summed E-state index contributed by atoms with van der Waals surface area (Å²) in [5, 5.41) is 21.1. The highest BCUT2D eigenvalue weighted by Crippen LogP contribution is 2.54. The lowest BCUT2D eigenvalue weighted by Gasteiger charge is -2.48. The van der Waals surface area contributed by atoms with Gasteiger partial charge in [-0.15, -0.1) is 0 Å². The molecule has 1 amide bonds. The van der Waals surface area contributed by atoms with Crippen LogP contribution in [0.4, 0.5) is 0 Å². The van der Waals surface area contributed by atoms with Crippen LogP contribution in [0.15, 0.2) is 48.5 Å². The molecule has 5 aromatic rings. The van der Waals surface area contributed by atoms with Crippen molar-refractivity contribution in [2.75, 3.05) is 14.2 Å². The van der Waals surface area contributed by atoms with Crippen molar-refractivity contribution >= 4 is 49.5 Å². The normalized spacial score (nSPS) is 28.9. The molecule has 3 aliphatic rings. The van der Waals surface area contributed by atoms with Gasteiger partial charge in [0.05, 0.1) is 27.6 Å². The number of nitrogens with one attached hydrogen (secondary N) is 2. The summed E-state index contributed by atoms with van der Waals surface area (Å²) in [6, 6.07) is 16.4. The number of methoxy groups -OCH3 is 1. The molecule has 36 heavy (non-hydrogen) atoms. The number of carbonyl (C=O) groups excluding carboxylic acids is 1. The molecule has 8 nitrogen and oxygen atoms in total. The zero-order valence-corrected chi connectivity index (χ0v) is 20.2. The smallest absolute Gasteiger partial charge is 0.254 e. The molecule has 3 aromatic carbocycles. The number of hydrogen-bond donors (Lipinski definition) is 3. The number of benzene rings is 3. The first kappa shape index (κ1) is 20.7. The fourth-order valence-corrected chi connectivity index (χ4v) is 7.38. The predicted molar refractivity (Wildman–Crippen MR) is 137 cm³/mol. The van der Waals surface area contributed by atoms with Gasteiger partial charge in [-0.05, 0) is 26.1 Å². The van der Waals surface area contributed by atoms with E-state index in [2.05, 4.69) is 51.0 Å². The quantitative estimate of drug-likeness (QED) is 0.356. The Kier molecular flexibility index (Phi) is 3.83. The highest BCUT2D eigenvalue weighted by Gasteiger charge is 2.53. The lowest BCUT2D eigenvalue weighted by Crippen LogP contribution is -2.59. The van der Waals surface area contributed by atoms with Gasteiger partial charge in [-0.1, -0.05) is 36.4 Å². The summed E-state index contributed by atoms with van der Waals surface area (Å²) in [7, 11) is 3.70. The van der Waals surface area contributed by atoms with E-state index in [9.17, 15) is 9.90 Å². The molecule has 5 atom stereocenters. The molecule has 0 radical (unpaired) electrons. The zero-order valence-electron chi connectivity index (χ0n) is 20.2. The van der Waals surface area contributed by atoms with Crippen molar-refractivity contribution in [1.82, 2.24) is 19.8 Å². The topological polar surface area (TPSA) is 89.7 Å². The van der Waals surface area contributed by atoms with Gasteiger partial charge in [0.2, 0.25) is 0 Å². The van der Waals surface area contributed by atoms with Gasteiger partial charge < -0.3 is 34.3 Å². The second kappa shape index (κ2) is 6.66. The molecular weight excluding hydrogens is 456 g/mol. The molecule has 182 valence electrons. The van der Waals surface area contributed by atoms with E-state index in [1.807, 2.05) is 31.3 Å². The van der Waals surface area contributed by atoms with Gasteiger partial charge in [-0.3, -0.25) is 4.79 Å². The van der Waals surface area contributed by atoms with Crippen LogP contribution in [-0.2, 0) is 15.2 Å². The van der Waals surface area contributed by atoms with E-state index in [-0.39, 0.29) is 24.3 Å². The first-order chi connectivity index (χ1) is 17.5. The first-order valence-corrected chi connectivity index (χ1v) is 12.4. The van der Waals surface area contributed by atoms with Crippen LogP contribution in [0, 0.1) is 0 Å². The summed E-state index contributed by atoms with van der Waals surface area (Å²) >= 11 is 0. The Labute approximate surface area is 206 Å². The van der Waals surface area contributed by atoms with Crippen LogP contribution in [0.2, 0.25) is 0 Å². The maximum atomic E-state index is 13.4. The molecule has 0 saturated carbocycles. The van der Waals surface area contributed by atoms with Gasteiger partial charge in [0.1, 0.15) is 12.3 Å². The summed E-state index contributed by atoms with van der Waals surface area (Å²) in [5.41, 5.74) is 4.25. The van der Waals surface area contributed by atoms with E-state index in [1.54, 1.807) is 7.11 Å². The number of rotatable bonds is 2. The molecule has 0 unspecified atom stereocenters. The van der Waals surface area contributed by atoms with Gasteiger partial charge in [-0.2, -0.15) is 0 Å². The maximum absolute atomic E-state index is 13.4. The molecule has 2 bridgehead atoms. The predicted octanol–water partition coefficient (Wildman–Crippen LogP) is 3.84. The number of aliphatic hydroxyl groups excluding tert-OH is 1. The number of para-hydroxylation sites is 2. The third-order valence-electron chi connectivity index (χ3n) is 8.65. The van der Waals surface area contributed by atoms with Crippen molar-refractivity contribution in [2.45, 2.75) is 43.7 Å². The van der Waals surface area contributed by atoms with Gasteiger partial charge in [-0.25, -0.2) is 0 Å². The minimum atomic E-state index is -1.09. The molecule has 8 rings (SSSR count). The number of hydrogen-bond acceptors (Lipinski definition) is 5. The Balaban J connectivity index is 1.73. The van der Waals surface area contributed by atoms with Gasteiger partial charge >= 0.3 is 0 Å². The molecule has 3 aliphatic heterocycles. The highest BCUT2D eigenvalue weighted by molar-refractivity contribution is 6.31. The summed E-state index contributed by atoms with van der Waals surface area (Å²) in [6.07, 6.45) is -0.941. The number of carbonyl (C=O) groups is 1. The Bertz CT molecular complexity index is 1790. The van der Waals surface area contributed by atoms with Crippen LogP contribution in [0.25, 0.3) is 43.6 Å². The lowest BCUT2D eigenvalue weighted by atomic mass is 9.93. The average Bonchev–Trinajstić information content (AvgIpc) is 3.48. The van der Waals surface area contributed by atoms with E-state index < -0.39 is 12.0 Å². The Hall–Kier alpha value is -3.43. The summed E-state index contributed by atoms with van der Waals surface area (Å²) in [6.45, 7) is 2.09. The second-order valence-electron chi connectivity index (χ2n) is 10.3. The molecule has 0 spiro atoms. The molecule has 2 aromatic heterocycles. The molecule has 3 N–H and O–H groups in total. The van der Waals surface area contributed by atoms with E-state index in [0.29, 0.717) is 17.5 Å². The van der Waals surface area contributed by atoms with Crippen LogP contribution in [0.3, 0.4) is 0 Å². The number of fused-ring (bicyclic) bond motifs is 13. The van der Waals surface area contributed by atoms with Crippen LogP contribution in [0.1, 0.15) is 41.7 Å². The number of likely N-dealkylation sites (N-methyl/N-ethyl adjacent to an activating group) is 1. The Morgan fingerprint density at radius 1 is 1.08 bits per heavy atom. The van der Waals surface area contributed by atoms with Crippen molar-refractivity contribution in [3.8, 4) is 0 Å². The average molecular weight is 483 g/mol. The number of aliphatic hydroxyl groups is 1. The summed E-state index contributed by atoms with van der Waals surface area (Å²) in [4.78, 5) is 13.4.